The van der Waals surface area contributed by atoms with Gasteiger partial charge in [0.1, 0.15) is 5.00 Å². The zero-order valence-electron chi connectivity index (χ0n) is 10.4. The van der Waals surface area contributed by atoms with Crippen molar-refractivity contribution in [2.45, 2.75) is 13.8 Å². The van der Waals surface area contributed by atoms with Gasteiger partial charge in [-0.15, -0.1) is 11.3 Å². The lowest BCUT2D eigenvalue weighted by molar-refractivity contribution is 0.0528. The van der Waals surface area contributed by atoms with Gasteiger partial charge in [0.05, 0.1) is 18.4 Å². The van der Waals surface area contributed by atoms with Gasteiger partial charge in [-0.2, -0.15) is 0 Å². The van der Waals surface area contributed by atoms with Crippen LogP contribution in [0.3, 0.4) is 0 Å². The molecule has 0 bridgehead atoms. The van der Waals surface area contributed by atoms with Crippen molar-refractivity contribution < 1.29 is 18.8 Å². The van der Waals surface area contributed by atoms with Crippen molar-refractivity contribution in [2.24, 2.45) is 0 Å². The molecule has 100 valence electrons. The van der Waals surface area contributed by atoms with E-state index in [2.05, 4.69) is 10.5 Å². The molecule has 0 fully saturated rings. The van der Waals surface area contributed by atoms with E-state index in [0.717, 1.165) is 4.88 Å². The molecule has 0 aliphatic rings. The summed E-state index contributed by atoms with van der Waals surface area (Å²) in [6, 6.07) is 3.12. The van der Waals surface area contributed by atoms with Crippen LogP contribution < -0.4 is 5.32 Å². The van der Waals surface area contributed by atoms with Crippen LogP contribution >= 0.6 is 11.3 Å². The number of aryl methyl sites for hydroxylation is 1. The first kappa shape index (κ1) is 13.3. The summed E-state index contributed by atoms with van der Waals surface area (Å²) < 4.78 is 9.68. The molecule has 0 saturated heterocycles. The predicted molar refractivity (Wildman–Crippen MR) is 69.5 cm³/mol. The highest BCUT2D eigenvalue weighted by Crippen LogP contribution is 2.28. The molecule has 0 spiro atoms. The summed E-state index contributed by atoms with van der Waals surface area (Å²) in [6.07, 6.45) is 1.38. The molecule has 0 aromatic carbocycles. The molecule has 0 radical (unpaired) electrons. The standard InChI is InChI=1S/C12H12N2O4S/c1-3-17-12(16)8-6-7(2)19-11(8)14-10(15)9-4-5-13-18-9/h4-6H,3H2,1-2H3,(H,14,15). The highest BCUT2D eigenvalue weighted by atomic mass is 32.1. The fourth-order valence-electron chi connectivity index (χ4n) is 1.47. The van der Waals surface area contributed by atoms with Gasteiger partial charge in [-0.3, -0.25) is 4.79 Å². The van der Waals surface area contributed by atoms with Crippen LogP contribution in [0.5, 0.6) is 0 Å². The summed E-state index contributed by atoms with van der Waals surface area (Å²) in [7, 11) is 0. The smallest absolute Gasteiger partial charge is 0.341 e. The van der Waals surface area contributed by atoms with E-state index < -0.39 is 11.9 Å². The molecular weight excluding hydrogens is 268 g/mol. The molecule has 0 atom stereocenters. The van der Waals surface area contributed by atoms with E-state index in [9.17, 15) is 9.59 Å². The normalized spacial score (nSPS) is 10.2. The maximum Gasteiger partial charge on any atom is 0.341 e. The number of ether oxygens (including phenoxy) is 1. The van der Waals surface area contributed by atoms with Crippen molar-refractivity contribution in [3.05, 3.63) is 34.5 Å². The molecule has 0 aliphatic heterocycles. The first-order valence-electron chi connectivity index (χ1n) is 5.61. The van der Waals surface area contributed by atoms with Gasteiger partial charge in [0, 0.05) is 10.9 Å². The molecule has 7 heteroatoms. The molecule has 6 nitrogen and oxygen atoms in total. The summed E-state index contributed by atoms with van der Waals surface area (Å²) in [6.45, 7) is 3.85. The Hall–Kier alpha value is -2.15. The van der Waals surface area contributed by atoms with Crippen LogP contribution in [0.25, 0.3) is 0 Å². The Morgan fingerprint density at radius 3 is 2.95 bits per heavy atom. The first-order chi connectivity index (χ1) is 9.11. The number of thiophene rings is 1. The Bertz CT molecular complexity index is 589. The summed E-state index contributed by atoms with van der Waals surface area (Å²) in [5, 5.41) is 6.51. The number of nitrogens with zero attached hydrogens (tertiary/aromatic N) is 1. The van der Waals surface area contributed by atoms with Gasteiger partial charge in [-0.25, -0.2) is 4.79 Å². The predicted octanol–water partition coefficient (Wildman–Crippen LogP) is 2.47. The van der Waals surface area contributed by atoms with Crippen molar-refractivity contribution >= 4 is 28.2 Å². The number of carbonyl (C=O) groups excluding carboxylic acids is 2. The van der Waals surface area contributed by atoms with Crippen molar-refractivity contribution in [3.8, 4) is 0 Å². The second-order valence-corrected chi connectivity index (χ2v) is 4.91. The van der Waals surface area contributed by atoms with Gasteiger partial charge < -0.3 is 14.6 Å². The minimum atomic E-state index is -0.459. The summed E-state index contributed by atoms with van der Waals surface area (Å²) in [4.78, 5) is 24.5. The third-order valence-electron chi connectivity index (χ3n) is 2.24. The third kappa shape index (κ3) is 3.00. The lowest BCUT2D eigenvalue weighted by atomic mass is 10.3. The topological polar surface area (TPSA) is 81.4 Å². The summed E-state index contributed by atoms with van der Waals surface area (Å²) in [5.41, 5.74) is 0.345. The lowest BCUT2D eigenvalue weighted by Crippen LogP contribution is -2.13. The van der Waals surface area contributed by atoms with E-state index in [1.807, 2.05) is 6.92 Å². The molecule has 2 aromatic rings. The van der Waals surface area contributed by atoms with Crippen molar-refractivity contribution in [1.82, 2.24) is 5.16 Å². The van der Waals surface area contributed by atoms with Crippen LogP contribution in [0.4, 0.5) is 5.00 Å². The highest BCUT2D eigenvalue weighted by molar-refractivity contribution is 7.16. The Kier molecular flexibility index (Phi) is 3.96. The fraction of sp³-hybridized carbons (Fsp3) is 0.250. The molecule has 19 heavy (non-hydrogen) atoms. The molecule has 0 aliphatic carbocycles. The number of hydrogen-bond acceptors (Lipinski definition) is 6. The molecule has 0 unspecified atom stereocenters. The van der Waals surface area contributed by atoms with E-state index in [0.29, 0.717) is 10.6 Å². The Morgan fingerprint density at radius 1 is 1.53 bits per heavy atom. The van der Waals surface area contributed by atoms with Gasteiger partial charge in [0.25, 0.3) is 5.91 Å². The Labute approximate surface area is 113 Å². The zero-order chi connectivity index (χ0) is 13.8. The van der Waals surface area contributed by atoms with Crippen LogP contribution in [0.1, 0.15) is 32.7 Å². The van der Waals surface area contributed by atoms with Crippen molar-refractivity contribution in [1.29, 1.82) is 0 Å². The summed E-state index contributed by atoms with van der Waals surface area (Å²) in [5.74, 6) is -0.828. The number of rotatable bonds is 4. The largest absolute Gasteiger partial charge is 0.462 e. The molecule has 2 aromatic heterocycles. The van der Waals surface area contributed by atoms with E-state index in [1.165, 1.54) is 23.6 Å². The SMILES string of the molecule is CCOC(=O)c1cc(C)sc1NC(=O)c1ccno1. The van der Waals surface area contributed by atoms with Gasteiger partial charge in [-0.05, 0) is 19.9 Å². The molecule has 2 heterocycles. The number of anilines is 1. The van der Waals surface area contributed by atoms with Crippen LogP contribution in [0.15, 0.2) is 22.9 Å². The maximum atomic E-state index is 11.8. The minimum absolute atomic E-state index is 0.0841. The number of hydrogen-bond donors (Lipinski definition) is 1. The number of aromatic nitrogens is 1. The minimum Gasteiger partial charge on any atom is -0.462 e. The molecular formula is C12H12N2O4S. The second kappa shape index (κ2) is 5.66. The second-order valence-electron chi connectivity index (χ2n) is 3.65. The fourth-order valence-corrected chi connectivity index (χ4v) is 2.36. The van der Waals surface area contributed by atoms with E-state index in [-0.39, 0.29) is 12.4 Å². The maximum absolute atomic E-state index is 11.8. The first-order valence-corrected chi connectivity index (χ1v) is 6.43. The number of esters is 1. The van der Waals surface area contributed by atoms with Crippen LogP contribution in [-0.4, -0.2) is 23.6 Å². The quantitative estimate of drug-likeness (QED) is 0.870. The van der Waals surface area contributed by atoms with Gasteiger partial charge in [-0.1, -0.05) is 5.16 Å². The molecule has 1 amide bonds. The van der Waals surface area contributed by atoms with Gasteiger partial charge >= 0.3 is 5.97 Å². The number of nitrogens with one attached hydrogen (secondary N) is 1. The molecule has 0 saturated carbocycles. The molecule has 2 rings (SSSR count). The molecule has 1 N–H and O–H groups in total. The van der Waals surface area contributed by atoms with E-state index in [4.69, 9.17) is 9.26 Å². The van der Waals surface area contributed by atoms with Crippen LogP contribution in [0, 0.1) is 6.92 Å². The lowest BCUT2D eigenvalue weighted by Gasteiger charge is -2.04. The van der Waals surface area contributed by atoms with Crippen LogP contribution in [-0.2, 0) is 4.74 Å². The monoisotopic (exact) mass is 280 g/mol. The van der Waals surface area contributed by atoms with E-state index in [1.54, 1.807) is 13.0 Å². The third-order valence-corrected chi connectivity index (χ3v) is 3.21. The Balaban J connectivity index is 2.20. The summed E-state index contributed by atoms with van der Waals surface area (Å²) >= 11 is 1.30. The highest BCUT2D eigenvalue weighted by Gasteiger charge is 2.19. The van der Waals surface area contributed by atoms with Crippen molar-refractivity contribution in [3.63, 3.8) is 0 Å². The Morgan fingerprint density at radius 2 is 2.32 bits per heavy atom. The van der Waals surface area contributed by atoms with Gasteiger partial charge in [0.15, 0.2) is 0 Å². The van der Waals surface area contributed by atoms with Gasteiger partial charge in [0.2, 0.25) is 5.76 Å². The average molecular weight is 280 g/mol. The number of amides is 1. The number of carbonyl (C=O) groups is 2. The zero-order valence-corrected chi connectivity index (χ0v) is 11.2. The average Bonchev–Trinajstić information content (AvgIpc) is 2.98. The van der Waals surface area contributed by atoms with Crippen molar-refractivity contribution in [2.75, 3.05) is 11.9 Å². The van der Waals surface area contributed by atoms with Crippen LogP contribution in [0.2, 0.25) is 0 Å². The van der Waals surface area contributed by atoms with E-state index >= 15 is 0 Å².